The molecule has 1 aromatic rings. The van der Waals surface area contributed by atoms with Crippen LogP contribution in [0.15, 0.2) is 24.3 Å². The van der Waals surface area contributed by atoms with Crippen molar-refractivity contribution in [2.75, 3.05) is 13.7 Å². The van der Waals surface area contributed by atoms with E-state index in [1.807, 2.05) is 0 Å². The van der Waals surface area contributed by atoms with Gasteiger partial charge in [0.15, 0.2) is 0 Å². The number of nitrogens with one attached hydrogen (secondary N) is 2. The van der Waals surface area contributed by atoms with Gasteiger partial charge in [-0.2, -0.15) is 0 Å². The lowest BCUT2D eigenvalue weighted by molar-refractivity contribution is -0.121. The number of carbonyl (C=O) groups excluding carboxylic acids is 3. The highest BCUT2D eigenvalue weighted by molar-refractivity contribution is 5.89. The van der Waals surface area contributed by atoms with Gasteiger partial charge in [-0.05, 0) is 24.1 Å². The van der Waals surface area contributed by atoms with Crippen LogP contribution in [0.5, 0.6) is 0 Å². The summed E-state index contributed by atoms with van der Waals surface area (Å²) < 4.78 is 4.60. The van der Waals surface area contributed by atoms with E-state index < -0.39 is 12.0 Å². The minimum atomic E-state index is -0.596. The molecule has 0 atom stereocenters. The number of esters is 1. The molecule has 0 aliphatic heterocycles. The van der Waals surface area contributed by atoms with Gasteiger partial charge in [0.25, 0.3) is 0 Å². The minimum absolute atomic E-state index is 0.113. The summed E-state index contributed by atoms with van der Waals surface area (Å²) in [5.41, 5.74) is 6.25. The van der Waals surface area contributed by atoms with Crippen molar-refractivity contribution in [3.63, 3.8) is 0 Å². The Morgan fingerprint density at radius 2 is 1.81 bits per heavy atom. The molecule has 0 saturated carbocycles. The monoisotopic (exact) mass is 293 g/mol. The average Bonchev–Trinajstić information content (AvgIpc) is 2.49. The summed E-state index contributed by atoms with van der Waals surface area (Å²) >= 11 is 0. The number of urea groups is 1. The van der Waals surface area contributed by atoms with Gasteiger partial charge in [-0.3, -0.25) is 4.79 Å². The van der Waals surface area contributed by atoms with Gasteiger partial charge in [0, 0.05) is 19.5 Å². The number of primary amides is 1. The molecule has 114 valence electrons. The maximum atomic E-state index is 11.6. The molecule has 7 nitrogen and oxygen atoms in total. The first kappa shape index (κ1) is 16.5. The SMILES string of the molecule is COC(=O)c1ccc(CNC(=O)CCCNC(N)=O)cc1. The lowest BCUT2D eigenvalue weighted by Crippen LogP contribution is -2.31. The normalized spacial score (nSPS) is 9.76. The highest BCUT2D eigenvalue weighted by atomic mass is 16.5. The molecule has 0 saturated heterocycles. The second kappa shape index (κ2) is 8.57. The van der Waals surface area contributed by atoms with Gasteiger partial charge in [0.05, 0.1) is 12.7 Å². The van der Waals surface area contributed by atoms with Gasteiger partial charge >= 0.3 is 12.0 Å². The third kappa shape index (κ3) is 6.42. The summed E-state index contributed by atoms with van der Waals surface area (Å²) in [6.45, 7) is 0.750. The van der Waals surface area contributed by atoms with Crippen LogP contribution in [-0.4, -0.2) is 31.6 Å². The molecule has 0 aliphatic rings. The molecule has 0 heterocycles. The standard InChI is InChI=1S/C14H19N3O4/c1-21-13(19)11-6-4-10(5-7-11)9-17-12(18)3-2-8-16-14(15)20/h4-7H,2-3,8-9H2,1H3,(H,17,18)(H3,15,16,20). The van der Waals surface area contributed by atoms with E-state index in [0.717, 1.165) is 5.56 Å². The van der Waals surface area contributed by atoms with Crippen molar-refractivity contribution in [3.05, 3.63) is 35.4 Å². The molecule has 0 spiro atoms. The van der Waals surface area contributed by atoms with E-state index in [4.69, 9.17) is 5.73 Å². The Balaban J connectivity index is 2.29. The number of methoxy groups -OCH3 is 1. The Morgan fingerprint density at radius 1 is 1.14 bits per heavy atom. The van der Waals surface area contributed by atoms with E-state index in [1.54, 1.807) is 24.3 Å². The third-order valence-electron chi connectivity index (χ3n) is 2.74. The predicted molar refractivity (Wildman–Crippen MR) is 76.4 cm³/mol. The zero-order valence-electron chi connectivity index (χ0n) is 11.8. The van der Waals surface area contributed by atoms with Crippen LogP contribution < -0.4 is 16.4 Å². The molecule has 1 aromatic carbocycles. The lowest BCUT2D eigenvalue weighted by Gasteiger charge is -2.06. The molecule has 0 radical (unpaired) electrons. The maximum absolute atomic E-state index is 11.6. The number of hydrogen-bond acceptors (Lipinski definition) is 4. The molecule has 0 aromatic heterocycles. The van der Waals surface area contributed by atoms with Gasteiger partial charge in [-0.1, -0.05) is 12.1 Å². The second-order valence-corrected chi connectivity index (χ2v) is 4.36. The minimum Gasteiger partial charge on any atom is -0.465 e. The molecule has 3 amide bonds. The first-order valence-corrected chi connectivity index (χ1v) is 6.50. The largest absolute Gasteiger partial charge is 0.465 e. The fraction of sp³-hybridized carbons (Fsp3) is 0.357. The van der Waals surface area contributed by atoms with Crippen LogP contribution in [0.4, 0.5) is 4.79 Å². The van der Waals surface area contributed by atoms with Crippen LogP contribution in [0.3, 0.4) is 0 Å². The van der Waals surface area contributed by atoms with Crippen LogP contribution >= 0.6 is 0 Å². The van der Waals surface area contributed by atoms with Crippen LogP contribution in [0, 0.1) is 0 Å². The summed E-state index contributed by atoms with van der Waals surface area (Å²) in [7, 11) is 1.32. The summed E-state index contributed by atoms with van der Waals surface area (Å²) in [5, 5.41) is 5.16. The zero-order valence-corrected chi connectivity index (χ0v) is 11.8. The zero-order chi connectivity index (χ0) is 15.7. The highest BCUT2D eigenvalue weighted by Gasteiger charge is 2.05. The number of benzene rings is 1. The molecular weight excluding hydrogens is 274 g/mol. The van der Waals surface area contributed by atoms with Gasteiger partial charge < -0.3 is 21.1 Å². The Bertz CT molecular complexity index is 499. The topological polar surface area (TPSA) is 111 Å². The van der Waals surface area contributed by atoms with Crippen LogP contribution in [0.2, 0.25) is 0 Å². The maximum Gasteiger partial charge on any atom is 0.337 e. The summed E-state index contributed by atoms with van der Waals surface area (Å²) in [6.07, 6.45) is 0.830. The van der Waals surface area contributed by atoms with E-state index in [1.165, 1.54) is 7.11 Å². The number of ether oxygens (including phenoxy) is 1. The van der Waals surface area contributed by atoms with Crippen molar-refractivity contribution in [2.24, 2.45) is 5.73 Å². The third-order valence-corrected chi connectivity index (χ3v) is 2.74. The highest BCUT2D eigenvalue weighted by Crippen LogP contribution is 2.05. The van der Waals surface area contributed by atoms with E-state index in [2.05, 4.69) is 15.4 Å². The smallest absolute Gasteiger partial charge is 0.337 e. The van der Waals surface area contributed by atoms with Crippen molar-refractivity contribution in [1.82, 2.24) is 10.6 Å². The molecule has 0 unspecified atom stereocenters. The predicted octanol–water partition coefficient (Wildman–Crippen LogP) is 0.538. The average molecular weight is 293 g/mol. The van der Waals surface area contributed by atoms with Crippen LogP contribution in [0.25, 0.3) is 0 Å². The van der Waals surface area contributed by atoms with E-state index >= 15 is 0 Å². The van der Waals surface area contributed by atoms with Crippen molar-refractivity contribution in [3.8, 4) is 0 Å². The quantitative estimate of drug-likeness (QED) is 0.503. The number of carbonyl (C=O) groups is 3. The Labute approximate surface area is 122 Å². The van der Waals surface area contributed by atoms with E-state index in [0.29, 0.717) is 31.5 Å². The fourth-order valence-electron chi connectivity index (χ4n) is 1.63. The number of nitrogens with two attached hydrogens (primary N) is 1. The molecule has 4 N–H and O–H groups in total. The van der Waals surface area contributed by atoms with Gasteiger partial charge in [-0.25, -0.2) is 9.59 Å². The van der Waals surface area contributed by atoms with Crippen molar-refractivity contribution in [1.29, 1.82) is 0 Å². The van der Waals surface area contributed by atoms with Crippen molar-refractivity contribution in [2.45, 2.75) is 19.4 Å². The molecular formula is C14H19N3O4. The molecule has 21 heavy (non-hydrogen) atoms. The fourth-order valence-corrected chi connectivity index (χ4v) is 1.63. The lowest BCUT2D eigenvalue weighted by atomic mass is 10.1. The van der Waals surface area contributed by atoms with E-state index in [-0.39, 0.29) is 5.91 Å². The van der Waals surface area contributed by atoms with Gasteiger partial charge in [0.1, 0.15) is 0 Å². The summed E-state index contributed by atoms with van der Waals surface area (Å²) in [6, 6.07) is 6.19. The molecule has 1 rings (SSSR count). The Kier molecular flexibility index (Phi) is 6.73. The van der Waals surface area contributed by atoms with E-state index in [9.17, 15) is 14.4 Å². The Hall–Kier alpha value is -2.57. The summed E-state index contributed by atoms with van der Waals surface area (Å²) in [5.74, 6) is -0.508. The second-order valence-electron chi connectivity index (χ2n) is 4.36. The van der Waals surface area contributed by atoms with Crippen molar-refractivity contribution < 1.29 is 19.1 Å². The summed E-state index contributed by atoms with van der Waals surface area (Å²) in [4.78, 5) is 33.2. The number of hydrogen-bond donors (Lipinski definition) is 3. The van der Waals surface area contributed by atoms with Crippen LogP contribution in [-0.2, 0) is 16.1 Å². The number of amides is 3. The molecule has 0 fully saturated rings. The molecule has 0 bridgehead atoms. The number of rotatable bonds is 7. The first-order chi connectivity index (χ1) is 10.0. The molecule has 0 aliphatic carbocycles. The Morgan fingerprint density at radius 3 is 2.38 bits per heavy atom. The van der Waals surface area contributed by atoms with Crippen molar-refractivity contribution >= 4 is 17.9 Å². The van der Waals surface area contributed by atoms with Gasteiger partial charge in [-0.15, -0.1) is 0 Å². The van der Waals surface area contributed by atoms with Gasteiger partial charge in [0.2, 0.25) is 5.91 Å². The first-order valence-electron chi connectivity index (χ1n) is 6.50. The van der Waals surface area contributed by atoms with Crippen LogP contribution in [0.1, 0.15) is 28.8 Å². The molecule has 7 heteroatoms.